The molecule has 0 aliphatic heterocycles. The third-order valence-corrected chi connectivity index (χ3v) is 3.13. The fraction of sp³-hybridized carbons (Fsp3) is 0.250. The molecule has 0 spiro atoms. The molecule has 112 valence electrons. The third kappa shape index (κ3) is 5.71. The number of hydrogen-bond donors (Lipinski definition) is 2. The van der Waals surface area contributed by atoms with Gasteiger partial charge in [-0.2, -0.15) is 0 Å². The van der Waals surface area contributed by atoms with Gasteiger partial charge in [-0.15, -0.1) is 0 Å². The lowest BCUT2D eigenvalue weighted by Gasteiger charge is -2.13. The molecule has 0 saturated carbocycles. The zero-order valence-corrected chi connectivity index (χ0v) is 12.2. The first-order valence-corrected chi connectivity index (χ1v) is 7.03. The smallest absolute Gasteiger partial charge is 0.123 e. The van der Waals surface area contributed by atoms with Gasteiger partial charge in [0.15, 0.2) is 0 Å². The normalized spacial score (nSPS) is 12.1. The monoisotopic (exact) mass is 309 g/mol. The van der Waals surface area contributed by atoms with Gasteiger partial charge in [0.05, 0.1) is 0 Å². The van der Waals surface area contributed by atoms with Crippen LogP contribution in [0, 0.1) is 5.82 Å². The van der Waals surface area contributed by atoms with Gasteiger partial charge in [-0.25, -0.2) is 4.39 Å². The molecule has 0 bridgehead atoms. The van der Waals surface area contributed by atoms with Gasteiger partial charge in [0.1, 0.15) is 24.3 Å². The highest BCUT2D eigenvalue weighted by Crippen LogP contribution is 2.11. The summed E-state index contributed by atoms with van der Waals surface area (Å²) in [4.78, 5) is 0. The topological polar surface area (TPSA) is 41.5 Å². The summed E-state index contributed by atoms with van der Waals surface area (Å²) < 4.78 is 18.1. The van der Waals surface area contributed by atoms with Crippen LogP contribution in [0.3, 0.4) is 0 Å². The highest BCUT2D eigenvalue weighted by atomic mass is 35.5. The summed E-state index contributed by atoms with van der Waals surface area (Å²) in [7, 11) is 0. The van der Waals surface area contributed by atoms with Gasteiger partial charge in [-0.3, -0.25) is 0 Å². The minimum Gasteiger partial charge on any atom is -0.491 e. The van der Waals surface area contributed by atoms with Crippen molar-refractivity contribution in [1.29, 1.82) is 0 Å². The van der Waals surface area contributed by atoms with Crippen LogP contribution in [0.1, 0.15) is 5.56 Å². The van der Waals surface area contributed by atoms with Crippen LogP contribution < -0.4 is 10.1 Å². The van der Waals surface area contributed by atoms with Gasteiger partial charge in [0.25, 0.3) is 0 Å². The predicted octanol–water partition coefficient (Wildman–Crippen LogP) is 3.01. The first-order valence-electron chi connectivity index (χ1n) is 6.65. The molecule has 0 aliphatic carbocycles. The molecule has 2 N–H and O–H groups in total. The van der Waals surface area contributed by atoms with E-state index in [4.69, 9.17) is 16.3 Å². The summed E-state index contributed by atoms with van der Waals surface area (Å²) in [5, 5.41) is 13.6. The molecule has 2 aromatic carbocycles. The summed E-state index contributed by atoms with van der Waals surface area (Å²) in [5.74, 6) is 0.223. The molecule has 0 fully saturated rings. The van der Waals surface area contributed by atoms with Gasteiger partial charge < -0.3 is 15.2 Å². The molecule has 2 aromatic rings. The Kier molecular flexibility index (Phi) is 5.99. The lowest BCUT2D eigenvalue weighted by Crippen LogP contribution is -2.31. The lowest BCUT2D eigenvalue weighted by molar-refractivity contribution is 0.106. The van der Waals surface area contributed by atoms with Crippen molar-refractivity contribution in [2.45, 2.75) is 12.6 Å². The van der Waals surface area contributed by atoms with Crippen molar-refractivity contribution in [1.82, 2.24) is 5.32 Å². The van der Waals surface area contributed by atoms with Gasteiger partial charge in [0, 0.05) is 18.1 Å². The summed E-state index contributed by atoms with van der Waals surface area (Å²) in [5.41, 5.74) is 1.09. The van der Waals surface area contributed by atoms with Crippen LogP contribution in [0.5, 0.6) is 5.75 Å². The van der Waals surface area contributed by atoms with Gasteiger partial charge in [-0.1, -0.05) is 23.7 Å². The van der Waals surface area contributed by atoms with E-state index in [1.165, 1.54) is 24.3 Å². The molecule has 2 rings (SSSR count). The van der Waals surface area contributed by atoms with Crippen LogP contribution in [0.25, 0.3) is 0 Å². The van der Waals surface area contributed by atoms with E-state index in [2.05, 4.69) is 5.32 Å². The second-order valence-corrected chi connectivity index (χ2v) is 5.11. The molecule has 3 nitrogen and oxygen atoms in total. The minimum absolute atomic E-state index is 0.152. The molecule has 0 heterocycles. The Labute approximate surface area is 128 Å². The van der Waals surface area contributed by atoms with E-state index in [1.54, 1.807) is 0 Å². The van der Waals surface area contributed by atoms with E-state index in [-0.39, 0.29) is 12.4 Å². The van der Waals surface area contributed by atoms with E-state index >= 15 is 0 Å². The van der Waals surface area contributed by atoms with Crippen LogP contribution in [0.2, 0.25) is 5.02 Å². The van der Waals surface area contributed by atoms with Gasteiger partial charge in [0.2, 0.25) is 0 Å². The van der Waals surface area contributed by atoms with Crippen molar-refractivity contribution >= 4 is 11.6 Å². The largest absolute Gasteiger partial charge is 0.491 e. The molecular formula is C16H17ClFNO2. The number of hydrogen-bond acceptors (Lipinski definition) is 3. The average Bonchev–Trinajstić information content (AvgIpc) is 2.49. The fourth-order valence-corrected chi connectivity index (χ4v) is 1.89. The number of nitrogens with one attached hydrogen (secondary N) is 1. The van der Waals surface area contributed by atoms with Crippen molar-refractivity contribution in [3.63, 3.8) is 0 Å². The van der Waals surface area contributed by atoms with E-state index in [9.17, 15) is 9.50 Å². The highest BCUT2D eigenvalue weighted by Gasteiger charge is 2.05. The SMILES string of the molecule is OC(CNCc1ccc(Cl)cc1)COc1ccc(F)cc1. The van der Waals surface area contributed by atoms with E-state index in [1.807, 2.05) is 24.3 Å². The Morgan fingerprint density at radius 1 is 1.10 bits per heavy atom. The average molecular weight is 310 g/mol. The fourth-order valence-electron chi connectivity index (χ4n) is 1.77. The van der Waals surface area contributed by atoms with Crippen molar-refractivity contribution in [3.8, 4) is 5.75 Å². The Balaban J connectivity index is 1.66. The maximum absolute atomic E-state index is 12.7. The maximum Gasteiger partial charge on any atom is 0.123 e. The standard InChI is InChI=1S/C16H17ClFNO2/c17-13-3-1-12(2-4-13)9-19-10-15(20)11-21-16-7-5-14(18)6-8-16/h1-8,15,19-20H,9-11H2. The Bertz CT molecular complexity index is 545. The van der Waals surface area contributed by atoms with Crippen molar-refractivity contribution in [2.24, 2.45) is 0 Å². The van der Waals surface area contributed by atoms with Crippen LogP contribution in [0.15, 0.2) is 48.5 Å². The van der Waals surface area contributed by atoms with Crippen molar-refractivity contribution < 1.29 is 14.2 Å². The quantitative estimate of drug-likeness (QED) is 0.826. The Morgan fingerprint density at radius 3 is 2.43 bits per heavy atom. The first-order chi connectivity index (χ1) is 10.1. The number of aliphatic hydroxyl groups excluding tert-OH is 1. The zero-order chi connectivity index (χ0) is 15.1. The van der Waals surface area contributed by atoms with Crippen LogP contribution in [0.4, 0.5) is 4.39 Å². The Morgan fingerprint density at radius 2 is 1.76 bits per heavy atom. The zero-order valence-electron chi connectivity index (χ0n) is 11.4. The molecule has 0 radical (unpaired) electrons. The summed E-state index contributed by atoms with van der Waals surface area (Å²) in [6.45, 7) is 1.20. The molecule has 0 aliphatic rings. The molecule has 0 saturated heterocycles. The third-order valence-electron chi connectivity index (χ3n) is 2.88. The van der Waals surface area contributed by atoms with Gasteiger partial charge >= 0.3 is 0 Å². The molecule has 0 amide bonds. The highest BCUT2D eigenvalue weighted by molar-refractivity contribution is 6.30. The van der Waals surface area contributed by atoms with Crippen molar-refractivity contribution in [3.05, 3.63) is 64.9 Å². The second-order valence-electron chi connectivity index (χ2n) is 4.68. The first kappa shape index (κ1) is 15.8. The molecule has 5 heteroatoms. The molecule has 0 aromatic heterocycles. The number of ether oxygens (including phenoxy) is 1. The number of rotatable bonds is 7. The molecule has 1 unspecified atom stereocenters. The van der Waals surface area contributed by atoms with E-state index in [0.717, 1.165) is 5.56 Å². The van der Waals surface area contributed by atoms with Crippen LogP contribution >= 0.6 is 11.6 Å². The summed E-state index contributed by atoms with van der Waals surface area (Å²) in [6, 6.07) is 13.2. The lowest BCUT2D eigenvalue weighted by atomic mass is 10.2. The molecule has 1 atom stereocenters. The molecule has 21 heavy (non-hydrogen) atoms. The van der Waals surface area contributed by atoms with Crippen LogP contribution in [-0.4, -0.2) is 24.4 Å². The van der Waals surface area contributed by atoms with E-state index in [0.29, 0.717) is 23.9 Å². The second kappa shape index (κ2) is 7.98. The maximum atomic E-state index is 12.7. The molecular weight excluding hydrogens is 293 g/mol. The number of benzene rings is 2. The van der Waals surface area contributed by atoms with Crippen molar-refractivity contribution in [2.75, 3.05) is 13.2 Å². The number of halogens is 2. The van der Waals surface area contributed by atoms with Crippen LogP contribution in [-0.2, 0) is 6.54 Å². The summed E-state index contributed by atoms with van der Waals surface area (Å²) >= 11 is 5.80. The van der Waals surface area contributed by atoms with Gasteiger partial charge in [-0.05, 0) is 42.0 Å². The predicted molar refractivity (Wildman–Crippen MR) is 81.1 cm³/mol. The minimum atomic E-state index is -0.637. The number of aliphatic hydroxyl groups is 1. The Hall–Kier alpha value is -1.62. The van der Waals surface area contributed by atoms with E-state index < -0.39 is 6.10 Å². The summed E-state index contributed by atoms with van der Waals surface area (Å²) in [6.07, 6.45) is -0.637.